The van der Waals surface area contributed by atoms with E-state index in [0.717, 1.165) is 40.6 Å². The number of nitrogens with one attached hydrogen (secondary N) is 1. The summed E-state index contributed by atoms with van der Waals surface area (Å²) in [6.45, 7) is 4.11. The third-order valence-corrected chi connectivity index (χ3v) is 7.31. The molecule has 0 bridgehead atoms. The van der Waals surface area contributed by atoms with Crippen LogP contribution in [0.1, 0.15) is 63.9 Å². The van der Waals surface area contributed by atoms with Crippen LogP contribution in [0, 0.1) is 6.92 Å². The van der Waals surface area contributed by atoms with Crippen LogP contribution in [0.5, 0.6) is 0 Å². The molecule has 5 nitrogen and oxygen atoms in total. The van der Waals surface area contributed by atoms with Gasteiger partial charge < -0.3 is 10.1 Å². The molecule has 6 heteroatoms. The Kier molecular flexibility index (Phi) is 7.62. The molecule has 5 rings (SSSR count). The lowest BCUT2D eigenvalue weighted by molar-refractivity contribution is 0.0697. The van der Waals surface area contributed by atoms with Gasteiger partial charge in [0, 0.05) is 22.6 Å². The number of ketones is 1. The Hall–Kier alpha value is -4.22. The lowest BCUT2D eigenvalue weighted by atomic mass is 9.87. The molecule has 0 fully saturated rings. The Morgan fingerprint density at radius 1 is 0.923 bits per heavy atom. The van der Waals surface area contributed by atoms with Crippen LogP contribution in [0.15, 0.2) is 84.9 Å². The molecule has 196 valence electrons. The first-order valence-electron chi connectivity index (χ1n) is 13.1. The minimum atomic E-state index is -1.11. The molecule has 0 aliphatic carbocycles. The van der Waals surface area contributed by atoms with Crippen molar-refractivity contribution in [3.63, 3.8) is 0 Å². The monoisotopic (exact) mass is 536 g/mol. The highest BCUT2D eigenvalue weighted by Gasteiger charge is 2.22. The number of aromatic nitrogens is 2. The van der Waals surface area contributed by atoms with Crippen LogP contribution in [0.4, 0.5) is 0 Å². The normalized spacial score (nSPS) is 12.0. The number of hydrogen-bond donors (Lipinski definition) is 2. The van der Waals surface area contributed by atoms with Gasteiger partial charge in [-0.1, -0.05) is 73.5 Å². The van der Waals surface area contributed by atoms with Crippen molar-refractivity contribution in [3.05, 3.63) is 112 Å². The fourth-order valence-electron chi connectivity index (χ4n) is 5.13. The number of Topliss-reactive ketones (excluding diaryl/α,β-unsaturated/α-hetero) is 1. The van der Waals surface area contributed by atoms with Gasteiger partial charge in [0.25, 0.3) is 0 Å². The van der Waals surface area contributed by atoms with E-state index in [9.17, 15) is 14.7 Å². The van der Waals surface area contributed by atoms with E-state index < -0.39 is 5.97 Å². The Bertz CT molecular complexity index is 1670. The number of carboxylic acid groups (broad SMARTS) is 1. The SMILES string of the molecule is CCC[C@@H](CC(=O)c1ccc(-c2cc(Cl)ccc2-c2nc3ccc(C)cc3[nH]2)c(C(=O)O)c1)c1ccccc1. The number of nitrogens with zero attached hydrogens (tertiary/aromatic N) is 1. The number of aromatic amines is 1. The minimum Gasteiger partial charge on any atom is -0.478 e. The van der Waals surface area contributed by atoms with Gasteiger partial charge in [0.1, 0.15) is 5.82 Å². The maximum atomic E-state index is 13.4. The Labute approximate surface area is 232 Å². The molecular weight excluding hydrogens is 508 g/mol. The molecule has 1 atom stereocenters. The van der Waals surface area contributed by atoms with E-state index in [0.29, 0.717) is 34.0 Å². The highest BCUT2D eigenvalue weighted by molar-refractivity contribution is 6.31. The third-order valence-electron chi connectivity index (χ3n) is 7.08. The molecule has 4 aromatic carbocycles. The van der Waals surface area contributed by atoms with Crippen molar-refractivity contribution < 1.29 is 14.7 Å². The average Bonchev–Trinajstić information content (AvgIpc) is 3.35. The van der Waals surface area contributed by atoms with Gasteiger partial charge in [0.05, 0.1) is 16.6 Å². The molecule has 0 amide bonds. The number of aryl methyl sites for hydroxylation is 1. The summed E-state index contributed by atoms with van der Waals surface area (Å²) >= 11 is 6.38. The van der Waals surface area contributed by atoms with Gasteiger partial charge in [-0.3, -0.25) is 4.79 Å². The Morgan fingerprint density at radius 2 is 1.69 bits per heavy atom. The lowest BCUT2D eigenvalue weighted by Gasteiger charge is -2.17. The van der Waals surface area contributed by atoms with Crippen LogP contribution < -0.4 is 0 Å². The maximum absolute atomic E-state index is 13.4. The summed E-state index contributed by atoms with van der Waals surface area (Å²) in [5, 5.41) is 10.7. The molecule has 39 heavy (non-hydrogen) atoms. The zero-order valence-corrected chi connectivity index (χ0v) is 22.6. The molecule has 0 unspecified atom stereocenters. The number of carbonyl (C=O) groups is 2. The molecule has 5 aromatic rings. The summed E-state index contributed by atoms with van der Waals surface area (Å²) in [5.74, 6) is -0.499. The second-order valence-electron chi connectivity index (χ2n) is 9.89. The predicted octanol–water partition coefficient (Wildman–Crippen LogP) is 8.71. The minimum absolute atomic E-state index is 0.0445. The molecule has 0 radical (unpaired) electrons. The molecule has 0 spiro atoms. The van der Waals surface area contributed by atoms with Gasteiger partial charge in [-0.05, 0) is 77.9 Å². The van der Waals surface area contributed by atoms with Gasteiger partial charge >= 0.3 is 5.97 Å². The van der Waals surface area contributed by atoms with Crippen LogP contribution in [-0.2, 0) is 0 Å². The number of aromatic carboxylic acids is 1. The summed E-state index contributed by atoms with van der Waals surface area (Å²) in [4.78, 5) is 33.9. The van der Waals surface area contributed by atoms with E-state index >= 15 is 0 Å². The molecule has 1 aromatic heterocycles. The summed E-state index contributed by atoms with van der Waals surface area (Å²) < 4.78 is 0. The van der Waals surface area contributed by atoms with E-state index in [1.807, 2.05) is 61.5 Å². The van der Waals surface area contributed by atoms with Crippen LogP contribution in [0.3, 0.4) is 0 Å². The van der Waals surface area contributed by atoms with E-state index in [2.05, 4.69) is 11.9 Å². The molecule has 1 heterocycles. The van der Waals surface area contributed by atoms with E-state index in [4.69, 9.17) is 16.6 Å². The largest absolute Gasteiger partial charge is 0.478 e. The van der Waals surface area contributed by atoms with Crippen LogP contribution >= 0.6 is 11.6 Å². The van der Waals surface area contributed by atoms with E-state index in [-0.39, 0.29) is 17.3 Å². The van der Waals surface area contributed by atoms with Gasteiger partial charge in [-0.25, -0.2) is 9.78 Å². The summed E-state index contributed by atoms with van der Waals surface area (Å²) in [7, 11) is 0. The van der Waals surface area contributed by atoms with Gasteiger partial charge in [0.15, 0.2) is 5.78 Å². The number of hydrogen-bond acceptors (Lipinski definition) is 3. The maximum Gasteiger partial charge on any atom is 0.336 e. The molecule has 0 aliphatic rings. The van der Waals surface area contributed by atoms with Crippen LogP contribution in [-0.4, -0.2) is 26.8 Å². The first kappa shape index (κ1) is 26.4. The molecule has 0 saturated carbocycles. The topological polar surface area (TPSA) is 83.0 Å². The molecule has 0 aliphatic heterocycles. The smallest absolute Gasteiger partial charge is 0.336 e. The number of benzene rings is 4. The standard InChI is InChI=1S/C33H29ClN2O3/c1-3-7-22(21-8-5-4-6-9-21)18-31(37)23-11-13-25(28(17-23)33(38)39)27-19-24(34)12-14-26(27)32-35-29-15-10-20(2)16-30(29)36-32/h4-6,8-17,19,22H,3,7,18H2,1-2H3,(H,35,36)(H,38,39)/t22-/m0/s1. The Morgan fingerprint density at radius 3 is 2.44 bits per heavy atom. The molecule has 0 saturated heterocycles. The quantitative estimate of drug-likeness (QED) is 0.184. The summed E-state index contributed by atoms with van der Waals surface area (Å²) in [6, 6.07) is 26.2. The van der Waals surface area contributed by atoms with E-state index in [1.54, 1.807) is 24.3 Å². The van der Waals surface area contributed by atoms with Gasteiger partial charge in [-0.15, -0.1) is 0 Å². The number of H-pyrrole nitrogens is 1. The zero-order valence-electron chi connectivity index (χ0n) is 21.9. The number of imidazole rings is 1. The average molecular weight is 537 g/mol. The third kappa shape index (κ3) is 5.64. The number of carboxylic acids is 1. The van der Waals surface area contributed by atoms with Crippen LogP contribution in [0.25, 0.3) is 33.5 Å². The predicted molar refractivity (Wildman–Crippen MR) is 157 cm³/mol. The van der Waals surface area contributed by atoms with Gasteiger partial charge in [-0.2, -0.15) is 0 Å². The highest BCUT2D eigenvalue weighted by atomic mass is 35.5. The van der Waals surface area contributed by atoms with Crippen molar-refractivity contribution in [1.29, 1.82) is 0 Å². The first-order chi connectivity index (χ1) is 18.8. The lowest BCUT2D eigenvalue weighted by Crippen LogP contribution is -2.10. The fourth-order valence-corrected chi connectivity index (χ4v) is 5.30. The van der Waals surface area contributed by atoms with Crippen molar-refractivity contribution >= 4 is 34.4 Å². The first-order valence-corrected chi connectivity index (χ1v) is 13.4. The number of fused-ring (bicyclic) bond motifs is 1. The van der Waals surface area contributed by atoms with Crippen LogP contribution in [0.2, 0.25) is 5.02 Å². The second-order valence-corrected chi connectivity index (χ2v) is 10.3. The number of halogens is 1. The Balaban J connectivity index is 1.54. The van der Waals surface area contributed by atoms with Crippen molar-refractivity contribution in [3.8, 4) is 22.5 Å². The highest BCUT2D eigenvalue weighted by Crippen LogP contribution is 2.37. The summed E-state index contributed by atoms with van der Waals surface area (Å²) in [5.41, 5.74) is 6.19. The van der Waals surface area contributed by atoms with Crippen molar-refractivity contribution in [2.24, 2.45) is 0 Å². The van der Waals surface area contributed by atoms with Crippen molar-refractivity contribution in [2.45, 2.75) is 39.0 Å². The van der Waals surface area contributed by atoms with Crippen molar-refractivity contribution in [1.82, 2.24) is 9.97 Å². The molecular formula is C33H29ClN2O3. The zero-order chi connectivity index (χ0) is 27.5. The molecule has 2 N–H and O–H groups in total. The van der Waals surface area contributed by atoms with Crippen molar-refractivity contribution in [2.75, 3.05) is 0 Å². The number of rotatable bonds is 9. The van der Waals surface area contributed by atoms with Gasteiger partial charge in [0.2, 0.25) is 0 Å². The van der Waals surface area contributed by atoms with E-state index in [1.165, 1.54) is 6.07 Å². The number of carbonyl (C=O) groups excluding carboxylic acids is 1. The fraction of sp³-hybridized carbons (Fsp3) is 0.182. The summed E-state index contributed by atoms with van der Waals surface area (Å²) in [6.07, 6.45) is 2.14. The second kappa shape index (κ2) is 11.3.